The molecule has 1 amide bonds. The molecule has 7 nitrogen and oxygen atoms in total. The van der Waals surface area contributed by atoms with Crippen molar-refractivity contribution in [1.29, 1.82) is 0 Å². The number of nitro groups is 1. The third kappa shape index (κ3) is 2.97. The van der Waals surface area contributed by atoms with E-state index in [4.69, 9.17) is 0 Å². The van der Waals surface area contributed by atoms with E-state index in [1.54, 1.807) is 17.0 Å². The van der Waals surface area contributed by atoms with Crippen molar-refractivity contribution in [3.05, 3.63) is 94.7 Å². The molecular weight excluding hydrogens is 380 g/mol. The fraction of sp³-hybridized carbons (Fsp3) is 0.0870. The van der Waals surface area contributed by atoms with Gasteiger partial charge in [0.2, 0.25) is 5.91 Å². The van der Waals surface area contributed by atoms with Gasteiger partial charge >= 0.3 is 0 Å². The number of non-ortho nitro benzene ring substituents is 1. The molecule has 3 aromatic carbocycles. The van der Waals surface area contributed by atoms with E-state index in [0.29, 0.717) is 6.54 Å². The van der Waals surface area contributed by atoms with E-state index < -0.39 is 4.92 Å². The number of amides is 1. The van der Waals surface area contributed by atoms with Crippen molar-refractivity contribution in [1.82, 2.24) is 4.98 Å². The fourth-order valence-corrected chi connectivity index (χ4v) is 3.97. The van der Waals surface area contributed by atoms with Crippen molar-refractivity contribution < 1.29 is 9.72 Å². The second kappa shape index (κ2) is 7.04. The van der Waals surface area contributed by atoms with Gasteiger partial charge in [0.05, 0.1) is 22.8 Å². The molecule has 1 aliphatic rings. The molecule has 0 bridgehead atoms. The third-order valence-corrected chi connectivity index (χ3v) is 5.37. The Labute approximate surface area is 172 Å². The van der Waals surface area contributed by atoms with Gasteiger partial charge in [-0.2, -0.15) is 0 Å². The average Bonchev–Trinajstić information content (AvgIpc) is 3.07. The Morgan fingerprint density at radius 1 is 0.800 bits per heavy atom. The minimum absolute atomic E-state index is 0.0185. The van der Waals surface area contributed by atoms with Crippen LogP contribution in [0.15, 0.2) is 78.9 Å². The number of nitrogens with zero attached hydrogens (tertiary/aromatic N) is 3. The Morgan fingerprint density at radius 2 is 1.47 bits per heavy atom. The zero-order valence-electron chi connectivity index (χ0n) is 16.0. The number of benzene rings is 3. The second-order valence-corrected chi connectivity index (χ2v) is 7.17. The topological polar surface area (TPSA) is 82.5 Å². The molecule has 5 rings (SSSR count). The average molecular weight is 398 g/mol. The minimum atomic E-state index is -0.425. The molecule has 2 heterocycles. The van der Waals surface area contributed by atoms with E-state index in [9.17, 15) is 14.9 Å². The summed E-state index contributed by atoms with van der Waals surface area (Å²) >= 11 is 0. The van der Waals surface area contributed by atoms with Crippen LogP contribution in [-0.2, 0) is 11.3 Å². The van der Waals surface area contributed by atoms with Crippen LogP contribution < -0.4 is 9.80 Å². The van der Waals surface area contributed by atoms with Crippen molar-refractivity contribution in [2.75, 3.05) is 16.3 Å². The summed E-state index contributed by atoms with van der Waals surface area (Å²) in [5.41, 5.74) is 4.41. The highest BCUT2D eigenvalue weighted by atomic mass is 16.6. The molecule has 0 unspecified atom stereocenters. The standard InChI is InChI=1S/C23H18N4O3/c28-22-15-26(17-10-12-18(13-11-17)27(29)30)23-19-8-4-5-9-20(19)24-21(23)14-25(22)16-6-2-1-3-7-16/h1-13,24H,14-15H2. The Bertz CT molecular complexity index is 1250. The number of hydrogen-bond acceptors (Lipinski definition) is 4. The predicted molar refractivity (Wildman–Crippen MR) is 116 cm³/mol. The summed E-state index contributed by atoms with van der Waals surface area (Å²) in [4.78, 5) is 31.0. The number of carbonyl (C=O) groups is 1. The first-order valence-corrected chi connectivity index (χ1v) is 9.59. The van der Waals surface area contributed by atoms with Gasteiger partial charge in [-0.25, -0.2) is 0 Å². The number of hydrogen-bond donors (Lipinski definition) is 1. The van der Waals surface area contributed by atoms with E-state index in [1.807, 2.05) is 59.5 Å². The van der Waals surface area contributed by atoms with Gasteiger partial charge in [-0.3, -0.25) is 14.9 Å². The monoisotopic (exact) mass is 398 g/mol. The normalized spacial score (nSPS) is 13.9. The lowest BCUT2D eigenvalue weighted by atomic mass is 10.1. The second-order valence-electron chi connectivity index (χ2n) is 7.17. The number of nitro benzene ring substituents is 1. The highest BCUT2D eigenvalue weighted by Gasteiger charge is 2.30. The maximum absolute atomic E-state index is 13.2. The minimum Gasteiger partial charge on any atom is -0.355 e. The van der Waals surface area contributed by atoms with E-state index in [1.165, 1.54) is 12.1 Å². The van der Waals surface area contributed by atoms with Gasteiger partial charge in [0.15, 0.2) is 0 Å². The fourth-order valence-electron chi connectivity index (χ4n) is 3.97. The van der Waals surface area contributed by atoms with E-state index >= 15 is 0 Å². The van der Waals surface area contributed by atoms with Crippen molar-refractivity contribution >= 4 is 39.6 Å². The molecule has 30 heavy (non-hydrogen) atoms. The number of fused-ring (bicyclic) bond motifs is 3. The molecule has 0 aliphatic carbocycles. The molecule has 1 aromatic heterocycles. The van der Waals surface area contributed by atoms with Gasteiger partial charge in [0.1, 0.15) is 6.54 Å². The summed E-state index contributed by atoms with van der Waals surface area (Å²) < 4.78 is 0. The number of para-hydroxylation sites is 2. The zero-order chi connectivity index (χ0) is 20.7. The van der Waals surface area contributed by atoms with Crippen LogP contribution in [0.4, 0.5) is 22.7 Å². The molecule has 0 fully saturated rings. The lowest BCUT2D eigenvalue weighted by Crippen LogP contribution is -2.35. The highest BCUT2D eigenvalue weighted by Crippen LogP contribution is 2.39. The molecule has 7 heteroatoms. The maximum atomic E-state index is 13.2. The third-order valence-electron chi connectivity index (χ3n) is 5.37. The SMILES string of the molecule is O=C1CN(c2ccc([N+](=O)[O-])cc2)c2c([nH]c3ccccc23)CN1c1ccccc1. The Hall–Kier alpha value is -4.13. The molecular formula is C23H18N4O3. The van der Waals surface area contributed by atoms with Crippen LogP contribution in [0.1, 0.15) is 5.69 Å². The quantitative estimate of drug-likeness (QED) is 0.398. The van der Waals surface area contributed by atoms with Gasteiger partial charge in [0, 0.05) is 34.4 Å². The molecule has 0 atom stereocenters. The number of nitrogens with one attached hydrogen (secondary N) is 1. The summed E-state index contributed by atoms with van der Waals surface area (Å²) in [6.45, 7) is 0.540. The molecule has 1 N–H and O–H groups in total. The smallest absolute Gasteiger partial charge is 0.269 e. The number of aromatic nitrogens is 1. The van der Waals surface area contributed by atoms with Crippen LogP contribution >= 0.6 is 0 Å². The molecule has 0 saturated carbocycles. The lowest BCUT2D eigenvalue weighted by Gasteiger charge is -2.24. The van der Waals surface area contributed by atoms with Gasteiger partial charge in [-0.15, -0.1) is 0 Å². The lowest BCUT2D eigenvalue weighted by molar-refractivity contribution is -0.384. The van der Waals surface area contributed by atoms with Crippen LogP contribution in [0.3, 0.4) is 0 Å². The van der Waals surface area contributed by atoms with Gasteiger partial charge in [-0.05, 0) is 30.3 Å². The number of aromatic amines is 1. The zero-order valence-corrected chi connectivity index (χ0v) is 16.0. The van der Waals surface area contributed by atoms with Crippen molar-refractivity contribution in [2.45, 2.75) is 6.54 Å². The summed E-state index contributed by atoms with van der Waals surface area (Å²) in [6.07, 6.45) is 0. The van der Waals surface area contributed by atoms with Gasteiger partial charge < -0.3 is 14.8 Å². The predicted octanol–water partition coefficient (Wildman–Crippen LogP) is 4.76. The van der Waals surface area contributed by atoms with E-state index in [2.05, 4.69) is 4.98 Å². The summed E-state index contributed by atoms with van der Waals surface area (Å²) in [5.74, 6) is -0.0479. The summed E-state index contributed by atoms with van der Waals surface area (Å²) in [7, 11) is 0. The Morgan fingerprint density at radius 3 is 2.20 bits per heavy atom. The molecule has 0 radical (unpaired) electrons. The van der Waals surface area contributed by atoms with Crippen LogP contribution in [0.5, 0.6) is 0 Å². The molecule has 4 aromatic rings. The molecule has 0 spiro atoms. The Balaban J connectivity index is 1.66. The molecule has 0 saturated heterocycles. The van der Waals surface area contributed by atoms with E-state index in [-0.39, 0.29) is 18.1 Å². The Kier molecular flexibility index (Phi) is 4.21. The number of rotatable bonds is 3. The van der Waals surface area contributed by atoms with Crippen molar-refractivity contribution in [2.24, 2.45) is 0 Å². The molecule has 148 valence electrons. The van der Waals surface area contributed by atoms with Gasteiger partial charge in [-0.1, -0.05) is 36.4 Å². The number of anilines is 3. The molecule has 1 aliphatic heterocycles. The van der Waals surface area contributed by atoms with E-state index in [0.717, 1.165) is 33.7 Å². The van der Waals surface area contributed by atoms with Crippen molar-refractivity contribution in [3.8, 4) is 0 Å². The highest BCUT2D eigenvalue weighted by molar-refractivity contribution is 6.04. The van der Waals surface area contributed by atoms with Crippen LogP contribution in [0.2, 0.25) is 0 Å². The van der Waals surface area contributed by atoms with Crippen LogP contribution in [0, 0.1) is 10.1 Å². The first-order valence-electron chi connectivity index (χ1n) is 9.59. The number of carbonyl (C=O) groups excluding carboxylic acids is 1. The number of H-pyrrole nitrogens is 1. The van der Waals surface area contributed by atoms with Crippen LogP contribution in [0.25, 0.3) is 10.9 Å². The largest absolute Gasteiger partial charge is 0.355 e. The first kappa shape index (κ1) is 17.9. The van der Waals surface area contributed by atoms with Gasteiger partial charge in [0.25, 0.3) is 5.69 Å². The summed E-state index contributed by atoms with van der Waals surface area (Å²) in [5, 5.41) is 12.1. The maximum Gasteiger partial charge on any atom is 0.269 e. The van der Waals surface area contributed by atoms with Crippen LogP contribution in [-0.4, -0.2) is 22.4 Å². The summed E-state index contributed by atoms with van der Waals surface area (Å²) in [6, 6.07) is 23.8. The first-order chi connectivity index (χ1) is 14.6. The van der Waals surface area contributed by atoms with Crippen molar-refractivity contribution in [3.63, 3.8) is 0 Å².